The largest absolute Gasteiger partial charge is 0.505 e. The van der Waals surface area contributed by atoms with Crippen molar-refractivity contribution in [3.05, 3.63) is 69.8 Å². The van der Waals surface area contributed by atoms with Crippen molar-refractivity contribution in [2.75, 3.05) is 16.0 Å². The van der Waals surface area contributed by atoms with E-state index in [2.05, 4.69) is 26.0 Å². The highest BCUT2D eigenvalue weighted by Gasteiger charge is 2.32. The van der Waals surface area contributed by atoms with Gasteiger partial charge in [-0.3, -0.25) is 4.68 Å². The minimum Gasteiger partial charge on any atom is -0.505 e. The highest BCUT2D eigenvalue weighted by molar-refractivity contribution is 6.37. The molecule has 0 amide bonds. The first kappa shape index (κ1) is 24.7. The number of aliphatic hydroxyl groups is 1. The average molecular weight is 527 g/mol. The van der Waals surface area contributed by atoms with Crippen LogP contribution in [0.4, 0.5) is 30.5 Å². The molecule has 2 heterocycles. The Morgan fingerprint density at radius 3 is 2.46 bits per heavy atom. The summed E-state index contributed by atoms with van der Waals surface area (Å²) in [4.78, 5) is 4.26. The topological polar surface area (TPSA) is 107 Å². The SMILES string of the molecule is Cn1nc(NC(O)Nc2cc(Cl)c(O)c(Cl)c2)c2cnc(NCc3ccccc3C(F)(F)F)cc21. The second-order valence-corrected chi connectivity index (χ2v) is 8.36. The van der Waals surface area contributed by atoms with Gasteiger partial charge in [-0.05, 0) is 23.8 Å². The Bertz CT molecular complexity index is 1360. The lowest BCUT2D eigenvalue weighted by Crippen LogP contribution is -2.28. The van der Waals surface area contributed by atoms with E-state index in [-0.39, 0.29) is 27.9 Å². The number of alkyl halides is 3. The molecule has 0 spiro atoms. The summed E-state index contributed by atoms with van der Waals surface area (Å²) in [6.07, 6.45) is -4.27. The number of nitrogens with zero attached hydrogens (tertiary/aromatic N) is 3. The Balaban J connectivity index is 1.49. The molecule has 35 heavy (non-hydrogen) atoms. The number of pyridine rings is 1. The number of rotatable bonds is 7. The number of benzene rings is 2. The maximum atomic E-state index is 13.2. The van der Waals surface area contributed by atoms with E-state index < -0.39 is 18.1 Å². The van der Waals surface area contributed by atoms with E-state index in [1.807, 2.05) is 0 Å². The maximum Gasteiger partial charge on any atom is 0.416 e. The van der Waals surface area contributed by atoms with Crippen LogP contribution in [0, 0.1) is 0 Å². The van der Waals surface area contributed by atoms with Crippen LogP contribution in [0.3, 0.4) is 0 Å². The molecule has 2 aromatic heterocycles. The van der Waals surface area contributed by atoms with Crippen LogP contribution >= 0.6 is 23.2 Å². The number of nitrogens with one attached hydrogen (secondary N) is 3. The quantitative estimate of drug-likeness (QED) is 0.162. The lowest BCUT2D eigenvalue weighted by Gasteiger charge is -2.16. The van der Waals surface area contributed by atoms with Crippen LogP contribution in [0.2, 0.25) is 10.0 Å². The molecule has 4 aromatic rings. The van der Waals surface area contributed by atoms with Crippen molar-refractivity contribution in [2.24, 2.45) is 7.05 Å². The van der Waals surface area contributed by atoms with E-state index in [9.17, 15) is 23.4 Å². The van der Waals surface area contributed by atoms with Gasteiger partial charge in [-0.25, -0.2) is 4.98 Å². The molecular weight excluding hydrogens is 508 g/mol. The first-order valence-corrected chi connectivity index (χ1v) is 10.9. The fourth-order valence-electron chi connectivity index (χ4n) is 3.47. The molecule has 0 bridgehead atoms. The van der Waals surface area contributed by atoms with E-state index in [1.54, 1.807) is 19.2 Å². The number of aryl methyl sites for hydroxylation is 1. The summed E-state index contributed by atoms with van der Waals surface area (Å²) >= 11 is 11.8. The Kier molecular flexibility index (Phi) is 6.84. The van der Waals surface area contributed by atoms with Gasteiger partial charge in [0, 0.05) is 31.5 Å². The smallest absolute Gasteiger partial charge is 0.416 e. The predicted octanol–water partition coefficient (Wildman–Crippen LogP) is 5.41. The number of hydrogen-bond donors (Lipinski definition) is 5. The van der Waals surface area contributed by atoms with Crippen molar-refractivity contribution in [3.8, 4) is 5.75 Å². The fraction of sp³-hybridized carbons (Fsp3) is 0.182. The number of aliphatic hydroxyl groups excluding tert-OH is 1. The highest BCUT2D eigenvalue weighted by Crippen LogP contribution is 2.35. The number of aromatic nitrogens is 3. The average Bonchev–Trinajstić information content (AvgIpc) is 3.10. The van der Waals surface area contributed by atoms with Crippen molar-refractivity contribution < 1.29 is 23.4 Å². The zero-order valence-electron chi connectivity index (χ0n) is 18.0. The van der Waals surface area contributed by atoms with E-state index in [4.69, 9.17) is 23.2 Å². The Hall–Kier alpha value is -3.41. The third-order valence-electron chi connectivity index (χ3n) is 5.11. The molecule has 0 radical (unpaired) electrons. The van der Waals surface area contributed by atoms with Gasteiger partial charge in [-0.15, -0.1) is 0 Å². The molecule has 2 aromatic carbocycles. The zero-order chi connectivity index (χ0) is 25.3. The summed E-state index contributed by atoms with van der Waals surface area (Å²) in [7, 11) is 1.68. The standard InChI is InChI=1S/C22H19Cl2F3N6O2/c1-33-17-8-18(28-9-11-4-2-3-5-14(11)22(25,26)27)29-10-13(17)20(32-33)31-21(35)30-12-6-15(23)19(34)16(24)7-12/h2-8,10,21,30,34-35H,9H2,1H3,(H,28,29)(H,31,32). The molecule has 0 aliphatic rings. The van der Waals surface area contributed by atoms with Crippen molar-refractivity contribution in [1.82, 2.24) is 14.8 Å². The minimum atomic E-state index is -4.45. The molecule has 0 saturated carbocycles. The molecule has 1 atom stereocenters. The second-order valence-electron chi connectivity index (χ2n) is 7.55. The van der Waals surface area contributed by atoms with Gasteiger partial charge in [-0.1, -0.05) is 41.4 Å². The number of phenolic OH excluding ortho intramolecular Hbond substituents is 1. The van der Waals surface area contributed by atoms with Crippen molar-refractivity contribution in [1.29, 1.82) is 0 Å². The van der Waals surface area contributed by atoms with Gasteiger partial charge in [0.1, 0.15) is 5.82 Å². The van der Waals surface area contributed by atoms with E-state index in [1.165, 1.54) is 35.1 Å². The number of anilines is 3. The van der Waals surface area contributed by atoms with Crippen LogP contribution in [-0.2, 0) is 19.8 Å². The summed E-state index contributed by atoms with van der Waals surface area (Å²) in [6, 6.07) is 9.75. The summed E-state index contributed by atoms with van der Waals surface area (Å²) in [5.41, 5.74) is 0.356. The first-order valence-electron chi connectivity index (χ1n) is 10.1. The van der Waals surface area contributed by atoms with Gasteiger partial charge in [0.05, 0.1) is 26.5 Å². The Morgan fingerprint density at radius 1 is 1.09 bits per heavy atom. The lowest BCUT2D eigenvalue weighted by atomic mass is 10.1. The van der Waals surface area contributed by atoms with Crippen LogP contribution in [0.5, 0.6) is 5.75 Å². The zero-order valence-corrected chi connectivity index (χ0v) is 19.5. The summed E-state index contributed by atoms with van der Waals surface area (Å²) in [5, 5.41) is 33.4. The molecular formula is C22H19Cl2F3N6O2. The van der Waals surface area contributed by atoms with Crippen LogP contribution < -0.4 is 16.0 Å². The van der Waals surface area contributed by atoms with Crippen molar-refractivity contribution in [2.45, 2.75) is 19.1 Å². The summed E-state index contributed by atoms with van der Waals surface area (Å²) in [5.74, 6) is 0.394. The number of aromatic hydroxyl groups is 1. The predicted molar refractivity (Wildman–Crippen MR) is 129 cm³/mol. The number of phenols is 1. The highest BCUT2D eigenvalue weighted by atomic mass is 35.5. The second kappa shape index (κ2) is 9.68. The normalized spacial score (nSPS) is 12.5. The van der Waals surface area contributed by atoms with Gasteiger partial charge < -0.3 is 26.2 Å². The molecule has 8 nitrogen and oxygen atoms in total. The molecule has 1 unspecified atom stereocenters. The number of hydrogen-bond acceptors (Lipinski definition) is 7. The van der Waals surface area contributed by atoms with Gasteiger partial charge >= 0.3 is 6.18 Å². The van der Waals surface area contributed by atoms with Gasteiger partial charge in [0.15, 0.2) is 11.6 Å². The van der Waals surface area contributed by atoms with Gasteiger partial charge in [0.25, 0.3) is 0 Å². The van der Waals surface area contributed by atoms with Gasteiger partial charge in [-0.2, -0.15) is 18.3 Å². The Morgan fingerprint density at radius 2 is 1.77 bits per heavy atom. The van der Waals surface area contributed by atoms with Crippen molar-refractivity contribution >= 4 is 51.4 Å². The maximum absolute atomic E-state index is 13.2. The molecule has 184 valence electrons. The third-order valence-corrected chi connectivity index (χ3v) is 5.69. The van der Waals surface area contributed by atoms with E-state index in [0.29, 0.717) is 28.2 Å². The van der Waals surface area contributed by atoms with E-state index in [0.717, 1.165) is 6.07 Å². The Labute approximate surface area is 207 Å². The first-order chi connectivity index (χ1) is 16.5. The van der Waals surface area contributed by atoms with Crippen LogP contribution in [0.15, 0.2) is 48.7 Å². The third kappa shape index (κ3) is 5.47. The molecule has 0 aliphatic heterocycles. The lowest BCUT2D eigenvalue weighted by molar-refractivity contribution is -0.138. The van der Waals surface area contributed by atoms with Crippen molar-refractivity contribution in [3.63, 3.8) is 0 Å². The number of halogens is 5. The monoisotopic (exact) mass is 526 g/mol. The van der Waals surface area contributed by atoms with Gasteiger partial charge in [0.2, 0.25) is 6.35 Å². The number of fused-ring (bicyclic) bond motifs is 1. The molecule has 0 saturated heterocycles. The molecule has 4 rings (SSSR count). The fourth-order valence-corrected chi connectivity index (χ4v) is 3.95. The molecule has 0 aliphatic carbocycles. The minimum absolute atomic E-state index is 0.0116. The molecule has 13 heteroatoms. The van der Waals surface area contributed by atoms with E-state index >= 15 is 0 Å². The van der Waals surface area contributed by atoms with Crippen LogP contribution in [0.1, 0.15) is 11.1 Å². The summed E-state index contributed by atoms with van der Waals surface area (Å²) < 4.78 is 41.2. The summed E-state index contributed by atoms with van der Waals surface area (Å²) in [6.45, 7) is -0.0719. The molecule has 0 fully saturated rings. The van der Waals surface area contributed by atoms with Crippen LogP contribution in [-0.4, -0.2) is 31.3 Å². The molecule has 5 N–H and O–H groups in total. The van der Waals surface area contributed by atoms with Crippen LogP contribution in [0.25, 0.3) is 10.9 Å².